The molecule has 1 saturated heterocycles. The maximum atomic E-state index is 14.7. The molecule has 7 nitrogen and oxygen atoms in total. The maximum Gasteiger partial charge on any atom is 0.178 e. The summed E-state index contributed by atoms with van der Waals surface area (Å²) in [6.45, 7) is 1.72. The van der Waals surface area contributed by atoms with Crippen LogP contribution < -0.4 is 10.6 Å². The van der Waals surface area contributed by atoms with Crippen molar-refractivity contribution in [1.29, 1.82) is 0 Å². The highest BCUT2D eigenvalue weighted by atomic mass is 19.1. The monoisotopic (exact) mass is 497 g/mol. The Morgan fingerprint density at radius 3 is 2.73 bits per heavy atom. The van der Waals surface area contributed by atoms with Crippen LogP contribution in [0, 0.1) is 23.5 Å². The van der Waals surface area contributed by atoms with E-state index in [-0.39, 0.29) is 24.2 Å². The standard InChI is InChI=1S/C28H25F2N7/c1-36-15-33-23-5-2-16(10-25(23)36)22-6-7-24-27(35-22)32-12-26(34-24)37-9-8-18-20(13-37)28(18,14-31)19-11-17(29)3-4-21(19)30/h2-7,10-12,15,18,20H,8-9,13-14,31H2,1H3/t18-,20+,28-/m1/s1. The van der Waals surface area contributed by atoms with Crippen molar-refractivity contribution in [2.45, 2.75) is 11.8 Å². The minimum atomic E-state index is -0.531. The van der Waals surface area contributed by atoms with Crippen molar-refractivity contribution in [3.63, 3.8) is 0 Å². The Morgan fingerprint density at radius 2 is 1.86 bits per heavy atom. The predicted octanol–water partition coefficient (Wildman–Crippen LogP) is 4.21. The summed E-state index contributed by atoms with van der Waals surface area (Å²) in [6, 6.07) is 13.6. The number of hydrogen-bond donors (Lipinski definition) is 1. The van der Waals surface area contributed by atoms with Gasteiger partial charge in [0.25, 0.3) is 0 Å². The number of rotatable bonds is 4. The van der Waals surface area contributed by atoms with Gasteiger partial charge in [0.2, 0.25) is 0 Å². The first-order valence-corrected chi connectivity index (χ1v) is 12.4. The van der Waals surface area contributed by atoms with Crippen molar-refractivity contribution in [2.75, 3.05) is 24.5 Å². The zero-order valence-electron chi connectivity index (χ0n) is 20.3. The first-order valence-electron chi connectivity index (χ1n) is 12.4. The molecule has 3 aromatic heterocycles. The van der Waals surface area contributed by atoms with E-state index in [9.17, 15) is 8.78 Å². The quantitative estimate of drug-likeness (QED) is 0.400. The number of aryl methyl sites for hydroxylation is 1. The lowest BCUT2D eigenvalue weighted by Gasteiger charge is -2.27. The van der Waals surface area contributed by atoms with Crippen molar-refractivity contribution in [3.8, 4) is 11.3 Å². The summed E-state index contributed by atoms with van der Waals surface area (Å²) < 4.78 is 30.6. The molecule has 9 heteroatoms. The second kappa shape index (κ2) is 8.01. The zero-order chi connectivity index (χ0) is 25.3. The Morgan fingerprint density at radius 1 is 1.00 bits per heavy atom. The Bertz CT molecular complexity index is 1680. The van der Waals surface area contributed by atoms with E-state index in [1.807, 2.05) is 35.9 Å². The molecule has 1 saturated carbocycles. The summed E-state index contributed by atoms with van der Waals surface area (Å²) in [5, 5.41) is 0. The Kier molecular flexibility index (Phi) is 4.81. The number of imidazole rings is 1. The molecule has 0 unspecified atom stereocenters. The molecule has 37 heavy (non-hydrogen) atoms. The van der Waals surface area contributed by atoms with Gasteiger partial charge in [0.05, 0.1) is 29.3 Å². The fourth-order valence-electron chi connectivity index (χ4n) is 6.34. The summed E-state index contributed by atoms with van der Waals surface area (Å²) in [4.78, 5) is 20.8. The number of anilines is 1. The van der Waals surface area contributed by atoms with Crippen LogP contribution in [0.3, 0.4) is 0 Å². The molecule has 0 bridgehead atoms. The molecular formula is C28H25F2N7. The number of aromatic nitrogens is 5. The number of nitrogens with zero attached hydrogens (tertiary/aromatic N) is 6. The molecule has 1 aliphatic carbocycles. The van der Waals surface area contributed by atoms with E-state index >= 15 is 0 Å². The van der Waals surface area contributed by atoms with Gasteiger partial charge in [-0.3, -0.25) is 0 Å². The van der Waals surface area contributed by atoms with Crippen LogP contribution in [-0.2, 0) is 12.5 Å². The third-order valence-electron chi connectivity index (χ3n) is 8.33. The van der Waals surface area contributed by atoms with Gasteiger partial charge in [0.1, 0.15) is 23.0 Å². The molecule has 5 aromatic rings. The lowest BCUT2D eigenvalue weighted by atomic mass is 9.90. The van der Waals surface area contributed by atoms with Crippen LogP contribution in [-0.4, -0.2) is 44.1 Å². The van der Waals surface area contributed by atoms with Crippen LogP contribution in [0.5, 0.6) is 0 Å². The van der Waals surface area contributed by atoms with Crippen LogP contribution in [0.2, 0.25) is 0 Å². The molecule has 7 rings (SSSR count). The second-order valence-corrected chi connectivity index (χ2v) is 10.1. The number of piperidine rings is 1. The van der Waals surface area contributed by atoms with Gasteiger partial charge < -0.3 is 15.2 Å². The van der Waals surface area contributed by atoms with Crippen molar-refractivity contribution in [1.82, 2.24) is 24.5 Å². The van der Waals surface area contributed by atoms with E-state index in [1.165, 1.54) is 12.1 Å². The fraction of sp³-hybridized carbons (Fsp3) is 0.286. The van der Waals surface area contributed by atoms with Gasteiger partial charge in [-0.05, 0) is 66.3 Å². The van der Waals surface area contributed by atoms with Crippen LogP contribution in [0.25, 0.3) is 33.5 Å². The minimum Gasteiger partial charge on any atom is -0.355 e. The normalized spacial score (nSPS) is 23.0. The van der Waals surface area contributed by atoms with Gasteiger partial charge in [-0.2, -0.15) is 0 Å². The predicted molar refractivity (Wildman–Crippen MR) is 138 cm³/mol. The molecule has 2 fully saturated rings. The Balaban J connectivity index is 1.16. The van der Waals surface area contributed by atoms with Crippen molar-refractivity contribution >= 4 is 28.0 Å². The molecule has 0 radical (unpaired) electrons. The first-order chi connectivity index (χ1) is 18.0. The molecule has 4 heterocycles. The summed E-state index contributed by atoms with van der Waals surface area (Å²) in [5.74, 6) is 0.316. The van der Waals surface area contributed by atoms with E-state index in [0.717, 1.165) is 47.1 Å². The fourth-order valence-corrected chi connectivity index (χ4v) is 6.34. The third kappa shape index (κ3) is 3.33. The highest BCUT2D eigenvalue weighted by Gasteiger charge is 2.66. The van der Waals surface area contributed by atoms with Crippen LogP contribution in [0.1, 0.15) is 12.0 Å². The lowest BCUT2D eigenvalue weighted by molar-refractivity contribution is 0.523. The summed E-state index contributed by atoms with van der Waals surface area (Å²) in [5.41, 5.74) is 11.1. The molecule has 1 aliphatic heterocycles. The Labute approximate surface area is 212 Å². The van der Waals surface area contributed by atoms with Crippen LogP contribution >= 0.6 is 0 Å². The van der Waals surface area contributed by atoms with E-state index in [1.54, 1.807) is 12.5 Å². The molecule has 0 amide bonds. The van der Waals surface area contributed by atoms with E-state index in [2.05, 4.69) is 20.9 Å². The lowest BCUT2D eigenvalue weighted by Crippen LogP contribution is -2.32. The van der Waals surface area contributed by atoms with Gasteiger partial charge in [-0.15, -0.1) is 0 Å². The summed E-state index contributed by atoms with van der Waals surface area (Å²) >= 11 is 0. The summed E-state index contributed by atoms with van der Waals surface area (Å²) in [6.07, 6.45) is 4.39. The largest absolute Gasteiger partial charge is 0.355 e. The smallest absolute Gasteiger partial charge is 0.178 e. The number of nitrogens with two attached hydrogens (primary N) is 1. The second-order valence-electron chi connectivity index (χ2n) is 10.1. The SMILES string of the molecule is Cn1cnc2ccc(-c3ccc4nc(N5CC[C@@H]6[C@H](C5)[C@@]6(CN)c5cc(F)ccc5F)cnc4n3)cc21. The number of pyridine rings is 1. The minimum absolute atomic E-state index is 0.141. The van der Waals surface area contributed by atoms with Crippen molar-refractivity contribution < 1.29 is 8.78 Å². The zero-order valence-corrected chi connectivity index (χ0v) is 20.3. The topological polar surface area (TPSA) is 85.8 Å². The van der Waals surface area contributed by atoms with Crippen LogP contribution in [0.4, 0.5) is 14.6 Å². The van der Waals surface area contributed by atoms with Gasteiger partial charge >= 0.3 is 0 Å². The molecule has 2 N–H and O–H groups in total. The van der Waals surface area contributed by atoms with Gasteiger partial charge in [-0.25, -0.2) is 28.7 Å². The van der Waals surface area contributed by atoms with E-state index < -0.39 is 11.2 Å². The number of benzene rings is 2. The molecule has 2 aromatic carbocycles. The van der Waals surface area contributed by atoms with Gasteiger partial charge in [-0.1, -0.05) is 6.07 Å². The van der Waals surface area contributed by atoms with Crippen molar-refractivity contribution in [2.24, 2.45) is 24.6 Å². The maximum absolute atomic E-state index is 14.7. The third-order valence-corrected chi connectivity index (χ3v) is 8.33. The number of hydrogen-bond acceptors (Lipinski definition) is 6. The van der Waals surface area contributed by atoms with E-state index in [0.29, 0.717) is 23.3 Å². The van der Waals surface area contributed by atoms with Gasteiger partial charge in [0.15, 0.2) is 5.65 Å². The Hall–Kier alpha value is -3.98. The highest BCUT2D eigenvalue weighted by molar-refractivity contribution is 5.83. The van der Waals surface area contributed by atoms with Crippen molar-refractivity contribution in [3.05, 3.63) is 78.3 Å². The molecule has 186 valence electrons. The van der Waals surface area contributed by atoms with E-state index in [4.69, 9.17) is 15.7 Å². The average Bonchev–Trinajstić information content (AvgIpc) is 3.44. The summed E-state index contributed by atoms with van der Waals surface area (Å²) in [7, 11) is 1.97. The number of fused-ring (bicyclic) bond motifs is 3. The average molecular weight is 498 g/mol. The molecule has 2 aliphatic rings. The van der Waals surface area contributed by atoms with Crippen LogP contribution in [0.15, 0.2) is 61.1 Å². The van der Waals surface area contributed by atoms with Gasteiger partial charge in [0, 0.05) is 37.7 Å². The molecule has 3 atom stereocenters. The molecular weight excluding hydrogens is 472 g/mol. The first kappa shape index (κ1) is 22.2. The number of halogens is 2. The highest BCUT2D eigenvalue weighted by Crippen LogP contribution is 2.63. The molecule has 0 spiro atoms.